The molecule has 2 atom stereocenters. The molecule has 1 aromatic rings. The van der Waals surface area contributed by atoms with Gasteiger partial charge in [0.1, 0.15) is 0 Å². The normalized spacial score (nSPS) is 20.7. The van der Waals surface area contributed by atoms with Crippen LogP contribution in [0.15, 0.2) is 18.2 Å². The predicted molar refractivity (Wildman–Crippen MR) is 79.2 cm³/mol. The number of aryl methyl sites for hydroxylation is 1. The predicted octanol–water partition coefficient (Wildman–Crippen LogP) is 2.98. The van der Waals surface area contributed by atoms with E-state index in [0.29, 0.717) is 6.10 Å². The van der Waals surface area contributed by atoms with Gasteiger partial charge in [0.15, 0.2) is 0 Å². The van der Waals surface area contributed by atoms with Crippen LogP contribution in [0.1, 0.15) is 36.8 Å². The second kappa shape index (κ2) is 7.25. The fourth-order valence-corrected chi connectivity index (χ4v) is 2.90. The highest BCUT2D eigenvalue weighted by Gasteiger charge is 2.18. The third-order valence-electron chi connectivity index (χ3n) is 3.77. The zero-order chi connectivity index (χ0) is 13.7. The quantitative estimate of drug-likeness (QED) is 0.623. The minimum absolute atomic E-state index is 0.254. The summed E-state index contributed by atoms with van der Waals surface area (Å²) in [7, 11) is 0. The Bertz CT molecular complexity index is 405. The third kappa shape index (κ3) is 4.46. The molecule has 1 fully saturated rings. The molecule has 0 bridgehead atoms. The van der Waals surface area contributed by atoms with E-state index in [2.05, 4.69) is 17.6 Å². The van der Waals surface area contributed by atoms with Crippen molar-refractivity contribution in [2.24, 2.45) is 5.84 Å². The molecule has 1 saturated heterocycles. The van der Waals surface area contributed by atoms with Gasteiger partial charge >= 0.3 is 0 Å². The number of hydrogen-bond donors (Lipinski definition) is 2. The van der Waals surface area contributed by atoms with E-state index in [9.17, 15) is 0 Å². The van der Waals surface area contributed by atoms with Gasteiger partial charge in [-0.1, -0.05) is 23.7 Å². The molecule has 4 heteroatoms. The zero-order valence-corrected chi connectivity index (χ0v) is 12.2. The van der Waals surface area contributed by atoms with Crippen LogP contribution in [0.4, 0.5) is 0 Å². The monoisotopic (exact) mass is 282 g/mol. The summed E-state index contributed by atoms with van der Waals surface area (Å²) in [6.45, 7) is 2.96. The van der Waals surface area contributed by atoms with Crippen LogP contribution in [-0.2, 0) is 11.2 Å². The molecule has 2 rings (SSSR count). The fourth-order valence-electron chi connectivity index (χ4n) is 2.59. The first-order valence-corrected chi connectivity index (χ1v) is 7.39. The number of nitrogens with one attached hydrogen (secondary N) is 1. The standard InChI is InChI=1S/C15H23ClN2O/c1-11-4-5-12(15(16)9-11)10-13(18-17)6-7-14-3-2-8-19-14/h4-5,9,13-14,18H,2-3,6-8,10,17H2,1H3. The maximum atomic E-state index is 6.26. The van der Waals surface area contributed by atoms with Gasteiger partial charge in [-0.25, -0.2) is 0 Å². The molecule has 1 aliphatic rings. The van der Waals surface area contributed by atoms with Gasteiger partial charge in [0.25, 0.3) is 0 Å². The Hall–Kier alpha value is -0.610. The molecule has 1 aromatic carbocycles. The van der Waals surface area contributed by atoms with Gasteiger partial charge in [0.05, 0.1) is 6.10 Å². The number of nitrogens with two attached hydrogens (primary N) is 1. The zero-order valence-electron chi connectivity index (χ0n) is 11.5. The van der Waals surface area contributed by atoms with E-state index in [0.717, 1.165) is 36.5 Å². The Balaban J connectivity index is 1.86. The van der Waals surface area contributed by atoms with Gasteiger partial charge in [-0.05, 0) is 56.2 Å². The molecule has 0 spiro atoms. The average Bonchev–Trinajstić information content (AvgIpc) is 2.90. The van der Waals surface area contributed by atoms with Crippen molar-refractivity contribution in [2.45, 2.75) is 51.2 Å². The van der Waals surface area contributed by atoms with Crippen LogP contribution < -0.4 is 11.3 Å². The first-order chi connectivity index (χ1) is 9.19. The van der Waals surface area contributed by atoms with Crippen molar-refractivity contribution in [1.82, 2.24) is 5.43 Å². The minimum atomic E-state index is 0.254. The first-order valence-electron chi connectivity index (χ1n) is 7.02. The van der Waals surface area contributed by atoms with Crippen LogP contribution in [0, 0.1) is 6.92 Å². The van der Waals surface area contributed by atoms with E-state index in [-0.39, 0.29) is 6.04 Å². The molecule has 106 valence electrons. The van der Waals surface area contributed by atoms with E-state index in [4.69, 9.17) is 22.2 Å². The summed E-state index contributed by atoms with van der Waals surface area (Å²) in [4.78, 5) is 0. The molecule has 2 unspecified atom stereocenters. The van der Waals surface area contributed by atoms with Crippen molar-refractivity contribution in [3.8, 4) is 0 Å². The lowest BCUT2D eigenvalue weighted by atomic mass is 9.99. The molecule has 3 N–H and O–H groups in total. The topological polar surface area (TPSA) is 47.3 Å². The second-order valence-corrected chi connectivity index (χ2v) is 5.78. The molecular formula is C15H23ClN2O. The molecule has 1 heterocycles. The Morgan fingerprint density at radius 2 is 2.37 bits per heavy atom. The lowest BCUT2D eigenvalue weighted by Gasteiger charge is -2.18. The maximum Gasteiger partial charge on any atom is 0.0576 e. The SMILES string of the molecule is Cc1ccc(CC(CCC2CCCO2)NN)c(Cl)c1. The van der Waals surface area contributed by atoms with Crippen LogP contribution >= 0.6 is 11.6 Å². The van der Waals surface area contributed by atoms with Crippen molar-refractivity contribution < 1.29 is 4.74 Å². The molecule has 0 amide bonds. The van der Waals surface area contributed by atoms with Gasteiger partial charge in [0, 0.05) is 17.7 Å². The molecule has 0 aliphatic carbocycles. The van der Waals surface area contributed by atoms with Crippen LogP contribution in [0.3, 0.4) is 0 Å². The van der Waals surface area contributed by atoms with E-state index < -0.39 is 0 Å². The molecular weight excluding hydrogens is 260 g/mol. The van der Waals surface area contributed by atoms with Crippen molar-refractivity contribution >= 4 is 11.6 Å². The van der Waals surface area contributed by atoms with Crippen LogP contribution in [0.25, 0.3) is 0 Å². The summed E-state index contributed by atoms with van der Waals surface area (Å²) in [6.07, 6.45) is 5.74. The lowest BCUT2D eigenvalue weighted by Crippen LogP contribution is -2.37. The molecule has 3 nitrogen and oxygen atoms in total. The highest BCUT2D eigenvalue weighted by Crippen LogP contribution is 2.22. The van der Waals surface area contributed by atoms with E-state index in [1.807, 2.05) is 13.0 Å². The van der Waals surface area contributed by atoms with Crippen molar-refractivity contribution in [1.29, 1.82) is 0 Å². The Kier molecular flexibility index (Phi) is 5.64. The molecule has 0 aromatic heterocycles. The number of halogens is 1. The summed E-state index contributed by atoms with van der Waals surface area (Å²) in [5.74, 6) is 5.65. The molecule has 0 saturated carbocycles. The van der Waals surface area contributed by atoms with Gasteiger partial charge in [-0.2, -0.15) is 0 Å². The van der Waals surface area contributed by atoms with Crippen LogP contribution in [0.5, 0.6) is 0 Å². The number of benzene rings is 1. The average molecular weight is 283 g/mol. The molecule has 0 radical (unpaired) electrons. The Morgan fingerprint density at radius 3 is 3.00 bits per heavy atom. The molecule has 19 heavy (non-hydrogen) atoms. The summed E-state index contributed by atoms with van der Waals surface area (Å²) >= 11 is 6.26. The van der Waals surface area contributed by atoms with Crippen molar-refractivity contribution in [2.75, 3.05) is 6.61 Å². The van der Waals surface area contributed by atoms with Gasteiger partial charge in [-0.15, -0.1) is 0 Å². The summed E-state index contributed by atoms with van der Waals surface area (Å²) in [5.41, 5.74) is 5.24. The van der Waals surface area contributed by atoms with Crippen LogP contribution in [-0.4, -0.2) is 18.8 Å². The number of hydrazine groups is 1. The lowest BCUT2D eigenvalue weighted by molar-refractivity contribution is 0.0996. The number of ether oxygens (including phenoxy) is 1. The molecule has 1 aliphatic heterocycles. The summed E-state index contributed by atoms with van der Waals surface area (Å²) in [6, 6.07) is 6.44. The smallest absolute Gasteiger partial charge is 0.0576 e. The largest absolute Gasteiger partial charge is 0.378 e. The van der Waals surface area contributed by atoms with E-state index >= 15 is 0 Å². The van der Waals surface area contributed by atoms with E-state index in [1.165, 1.54) is 18.4 Å². The Morgan fingerprint density at radius 1 is 1.53 bits per heavy atom. The van der Waals surface area contributed by atoms with Gasteiger partial charge < -0.3 is 4.74 Å². The number of rotatable bonds is 6. The number of hydrogen-bond acceptors (Lipinski definition) is 3. The highest BCUT2D eigenvalue weighted by molar-refractivity contribution is 6.31. The maximum absolute atomic E-state index is 6.26. The van der Waals surface area contributed by atoms with Crippen molar-refractivity contribution in [3.63, 3.8) is 0 Å². The first kappa shape index (κ1) is 14.8. The Labute approximate surface area is 120 Å². The third-order valence-corrected chi connectivity index (χ3v) is 4.12. The minimum Gasteiger partial charge on any atom is -0.378 e. The van der Waals surface area contributed by atoms with E-state index in [1.54, 1.807) is 0 Å². The second-order valence-electron chi connectivity index (χ2n) is 5.37. The fraction of sp³-hybridized carbons (Fsp3) is 0.600. The van der Waals surface area contributed by atoms with Crippen molar-refractivity contribution in [3.05, 3.63) is 34.3 Å². The van der Waals surface area contributed by atoms with Crippen LogP contribution in [0.2, 0.25) is 5.02 Å². The van der Waals surface area contributed by atoms with Gasteiger partial charge in [-0.3, -0.25) is 11.3 Å². The summed E-state index contributed by atoms with van der Waals surface area (Å²) in [5, 5.41) is 0.831. The summed E-state index contributed by atoms with van der Waals surface area (Å²) < 4.78 is 5.64. The highest BCUT2D eigenvalue weighted by atomic mass is 35.5. The van der Waals surface area contributed by atoms with Gasteiger partial charge in [0.2, 0.25) is 0 Å².